The van der Waals surface area contributed by atoms with Crippen molar-refractivity contribution in [3.63, 3.8) is 0 Å². The summed E-state index contributed by atoms with van der Waals surface area (Å²) in [6, 6.07) is 0. The third-order valence-corrected chi connectivity index (χ3v) is 2.89. The Morgan fingerprint density at radius 3 is 2.86 bits per heavy atom. The highest BCUT2D eigenvalue weighted by Crippen LogP contribution is 2.12. The van der Waals surface area contributed by atoms with Gasteiger partial charge in [-0.2, -0.15) is 0 Å². The van der Waals surface area contributed by atoms with Gasteiger partial charge < -0.3 is 5.11 Å². The van der Waals surface area contributed by atoms with E-state index in [9.17, 15) is 4.79 Å². The van der Waals surface area contributed by atoms with Gasteiger partial charge in [-0.25, -0.2) is 9.78 Å². The average molecular weight is 210 g/mol. The van der Waals surface area contributed by atoms with Gasteiger partial charge in [0.15, 0.2) is 0 Å². The van der Waals surface area contributed by atoms with Crippen LogP contribution in [0, 0.1) is 0 Å². The zero-order valence-electron chi connectivity index (χ0n) is 7.51. The molecule has 1 aromatic heterocycles. The second kappa shape index (κ2) is 3.89. The summed E-state index contributed by atoms with van der Waals surface area (Å²) in [5, 5.41) is 10.7. The minimum atomic E-state index is -0.944. The summed E-state index contributed by atoms with van der Waals surface area (Å²) in [4.78, 5) is 16.8. The molecule has 2 rings (SSSR count). The molecule has 0 atom stereocenters. The van der Waals surface area contributed by atoms with E-state index in [0.29, 0.717) is 0 Å². The molecule has 1 aromatic rings. The highest BCUT2D eigenvalue weighted by molar-refractivity contribution is 7.11. The molecule has 0 aliphatic carbocycles. The number of hydrogen-bond donors (Lipinski definition) is 1. The zero-order valence-corrected chi connectivity index (χ0v) is 8.33. The number of hydrogen-bond acceptors (Lipinski definition) is 4. The van der Waals surface area contributed by atoms with Crippen LogP contribution in [0.4, 0.5) is 0 Å². The molecular formula is C9H10N2O2S. The minimum absolute atomic E-state index is 0.173. The largest absolute Gasteiger partial charge is 0.476 e. The van der Waals surface area contributed by atoms with Gasteiger partial charge in [-0.3, -0.25) is 4.90 Å². The number of carbonyl (C=O) groups is 1. The molecule has 4 nitrogen and oxygen atoms in total. The Balaban J connectivity index is 1.99. The molecule has 74 valence electrons. The lowest BCUT2D eigenvalue weighted by Crippen LogP contribution is -2.19. The molecule has 0 amide bonds. The summed E-state index contributed by atoms with van der Waals surface area (Å²) in [6.07, 6.45) is 4.20. The van der Waals surface area contributed by atoms with E-state index in [0.717, 1.165) is 25.3 Å². The Hall–Kier alpha value is -1.20. The number of rotatable bonds is 3. The lowest BCUT2D eigenvalue weighted by atomic mass is 10.4. The summed E-state index contributed by atoms with van der Waals surface area (Å²) >= 11 is 1.18. The van der Waals surface area contributed by atoms with Crippen LogP contribution in [0.5, 0.6) is 0 Å². The van der Waals surface area contributed by atoms with Gasteiger partial charge in [0, 0.05) is 25.0 Å². The summed E-state index contributed by atoms with van der Waals surface area (Å²) < 4.78 is 0. The maximum absolute atomic E-state index is 10.6. The van der Waals surface area contributed by atoms with Crippen LogP contribution in [0.1, 0.15) is 15.5 Å². The van der Waals surface area contributed by atoms with Crippen LogP contribution in [-0.2, 0) is 6.54 Å². The van der Waals surface area contributed by atoms with Crippen molar-refractivity contribution in [1.82, 2.24) is 9.88 Å². The first kappa shape index (κ1) is 9.36. The highest BCUT2D eigenvalue weighted by atomic mass is 32.1. The molecule has 0 saturated heterocycles. The number of aromatic nitrogens is 1. The lowest BCUT2D eigenvalue weighted by molar-refractivity contribution is 0.0696. The first-order valence-corrected chi connectivity index (χ1v) is 5.19. The summed E-state index contributed by atoms with van der Waals surface area (Å²) in [7, 11) is 0. The van der Waals surface area contributed by atoms with Crippen molar-refractivity contribution in [2.45, 2.75) is 6.54 Å². The van der Waals surface area contributed by atoms with E-state index in [1.165, 1.54) is 11.3 Å². The normalized spacial score (nSPS) is 16.3. The van der Waals surface area contributed by atoms with Crippen LogP contribution in [0.3, 0.4) is 0 Å². The molecule has 1 aliphatic rings. The van der Waals surface area contributed by atoms with Gasteiger partial charge >= 0.3 is 5.97 Å². The van der Waals surface area contributed by atoms with Crippen molar-refractivity contribution in [2.75, 3.05) is 13.1 Å². The Kier molecular flexibility index (Phi) is 2.60. The SMILES string of the molecule is O=C(O)c1nc(CN2CC=CC2)cs1. The van der Waals surface area contributed by atoms with E-state index in [1.54, 1.807) is 0 Å². The fourth-order valence-electron chi connectivity index (χ4n) is 1.36. The molecule has 1 aliphatic heterocycles. The molecule has 0 radical (unpaired) electrons. The predicted octanol–water partition coefficient (Wildman–Crippen LogP) is 1.21. The molecule has 1 N–H and O–H groups in total. The maximum Gasteiger partial charge on any atom is 0.365 e. The molecule has 0 unspecified atom stereocenters. The van der Waals surface area contributed by atoms with E-state index < -0.39 is 5.97 Å². The topological polar surface area (TPSA) is 53.4 Å². The molecule has 2 heterocycles. The molecule has 0 spiro atoms. The van der Waals surface area contributed by atoms with Crippen LogP contribution < -0.4 is 0 Å². The fraction of sp³-hybridized carbons (Fsp3) is 0.333. The lowest BCUT2D eigenvalue weighted by Gasteiger charge is -2.11. The summed E-state index contributed by atoms with van der Waals surface area (Å²) in [5.74, 6) is -0.944. The van der Waals surface area contributed by atoms with E-state index in [1.807, 2.05) is 5.38 Å². The van der Waals surface area contributed by atoms with Crippen molar-refractivity contribution in [3.8, 4) is 0 Å². The van der Waals surface area contributed by atoms with Crippen LogP contribution in [0.15, 0.2) is 17.5 Å². The molecule has 0 bridgehead atoms. The monoisotopic (exact) mass is 210 g/mol. The molecule has 0 aromatic carbocycles. The Bertz CT molecular complexity index is 365. The van der Waals surface area contributed by atoms with E-state index in [2.05, 4.69) is 22.0 Å². The summed E-state index contributed by atoms with van der Waals surface area (Å²) in [6.45, 7) is 2.59. The molecule has 5 heteroatoms. The number of carboxylic acids is 1. The van der Waals surface area contributed by atoms with Crippen molar-refractivity contribution < 1.29 is 9.90 Å². The smallest absolute Gasteiger partial charge is 0.365 e. The predicted molar refractivity (Wildman–Crippen MR) is 53.5 cm³/mol. The van der Waals surface area contributed by atoms with Gasteiger partial charge in [0.05, 0.1) is 5.69 Å². The number of aromatic carboxylic acids is 1. The van der Waals surface area contributed by atoms with Crippen molar-refractivity contribution >= 4 is 17.3 Å². The van der Waals surface area contributed by atoms with Gasteiger partial charge in [-0.15, -0.1) is 11.3 Å². The van der Waals surface area contributed by atoms with Gasteiger partial charge in [0.25, 0.3) is 0 Å². The number of thiazole rings is 1. The standard InChI is InChI=1S/C9H10N2O2S/c12-9(13)8-10-7(6-14-8)5-11-3-1-2-4-11/h1-2,6H,3-5H2,(H,12,13). The first-order valence-electron chi connectivity index (χ1n) is 4.31. The van der Waals surface area contributed by atoms with Crippen LogP contribution >= 0.6 is 11.3 Å². The van der Waals surface area contributed by atoms with E-state index >= 15 is 0 Å². The quantitative estimate of drug-likeness (QED) is 0.762. The Morgan fingerprint density at radius 1 is 1.57 bits per heavy atom. The molecule has 0 fully saturated rings. The van der Waals surface area contributed by atoms with Crippen LogP contribution in [0.2, 0.25) is 0 Å². The van der Waals surface area contributed by atoms with Crippen LogP contribution in [0.25, 0.3) is 0 Å². The second-order valence-corrected chi connectivity index (χ2v) is 3.97. The van der Waals surface area contributed by atoms with Crippen LogP contribution in [-0.4, -0.2) is 34.0 Å². The second-order valence-electron chi connectivity index (χ2n) is 3.11. The van der Waals surface area contributed by atoms with Crippen molar-refractivity contribution in [2.24, 2.45) is 0 Å². The third kappa shape index (κ3) is 2.00. The van der Waals surface area contributed by atoms with Gasteiger partial charge in [0.2, 0.25) is 5.01 Å². The maximum atomic E-state index is 10.6. The average Bonchev–Trinajstić information content (AvgIpc) is 2.75. The zero-order chi connectivity index (χ0) is 9.97. The minimum Gasteiger partial charge on any atom is -0.476 e. The van der Waals surface area contributed by atoms with Gasteiger partial charge in [-0.1, -0.05) is 12.2 Å². The molecule has 0 saturated carbocycles. The Morgan fingerprint density at radius 2 is 2.29 bits per heavy atom. The Labute approximate surface area is 85.5 Å². The first-order chi connectivity index (χ1) is 6.75. The van der Waals surface area contributed by atoms with Crippen molar-refractivity contribution in [3.05, 3.63) is 28.2 Å². The van der Waals surface area contributed by atoms with Gasteiger partial charge in [-0.05, 0) is 0 Å². The van der Waals surface area contributed by atoms with E-state index in [4.69, 9.17) is 5.11 Å². The number of carboxylic acid groups (broad SMARTS) is 1. The summed E-state index contributed by atoms with van der Waals surface area (Å²) in [5.41, 5.74) is 0.844. The highest BCUT2D eigenvalue weighted by Gasteiger charge is 2.12. The third-order valence-electron chi connectivity index (χ3n) is 2.01. The van der Waals surface area contributed by atoms with E-state index in [-0.39, 0.29) is 5.01 Å². The fourth-order valence-corrected chi connectivity index (χ4v) is 2.00. The molecular weight excluding hydrogens is 200 g/mol. The van der Waals surface area contributed by atoms with Crippen molar-refractivity contribution in [1.29, 1.82) is 0 Å². The van der Waals surface area contributed by atoms with Gasteiger partial charge in [0.1, 0.15) is 0 Å². The number of nitrogens with zero attached hydrogens (tertiary/aromatic N) is 2. The molecule has 14 heavy (non-hydrogen) atoms.